The lowest BCUT2D eigenvalue weighted by atomic mass is 10.0. The van der Waals surface area contributed by atoms with Gasteiger partial charge in [0.25, 0.3) is 0 Å². The van der Waals surface area contributed by atoms with Crippen LogP contribution in [0.1, 0.15) is 44.9 Å². The topological polar surface area (TPSA) is 101 Å². The number of hydrogen-bond donors (Lipinski definition) is 2. The van der Waals surface area contributed by atoms with Gasteiger partial charge in [0.2, 0.25) is 0 Å². The van der Waals surface area contributed by atoms with Crippen molar-refractivity contribution in [2.24, 2.45) is 5.92 Å². The zero-order valence-corrected chi connectivity index (χ0v) is 11.5. The molecule has 0 radical (unpaired) electrons. The van der Waals surface area contributed by atoms with E-state index in [1.807, 2.05) is 0 Å². The average molecular weight is 286 g/mol. The maximum Gasteiger partial charge on any atom is 0.330 e. The average Bonchev–Trinajstić information content (AvgIpc) is 2.39. The van der Waals surface area contributed by atoms with Crippen molar-refractivity contribution in [3.63, 3.8) is 0 Å². The van der Waals surface area contributed by atoms with Crippen LogP contribution in [0.2, 0.25) is 0 Å². The fourth-order valence-corrected chi connectivity index (χ4v) is 1.72. The van der Waals surface area contributed by atoms with Crippen LogP contribution >= 0.6 is 0 Å². The minimum absolute atomic E-state index is 0.140. The molecular formula is C14H22O6. The molecule has 0 aromatic heterocycles. The molecule has 1 unspecified atom stereocenters. The monoisotopic (exact) mass is 286 g/mol. The third-order valence-electron chi connectivity index (χ3n) is 2.89. The summed E-state index contributed by atoms with van der Waals surface area (Å²) in [7, 11) is 0. The van der Waals surface area contributed by atoms with Gasteiger partial charge in [-0.1, -0.05) is 32.3 Å². The number of unbranched alkanes of at least 4 members (excludes halogenated alkanes) is 4. The van der Waals surface area contributed by atoms with E-state index in [4.69, 9.17) is 14.9 Å². The van der Waals surface area contributed by atoms with Gasteiger partial charge >= 0.3 is 17.9 Å². The number of ether oxygens (including phenoxy) is 1. The number of aliphatic carboxylic acids is 2. The molecule has 0 spiro atoms. The van der Waals surface area contributed by atoms with Crippen LogP contribution in [-0.2, 0) is 19.1 Å². The SMILES string of the molecule is C=CC(=O)OCC(CCCCCCCC(=O)O)C(=O)O. The zero-order valence-electron chi connectivity index (χ0n) is 11.5. The van der Waals surface area contributed by atoms with Gasteiger partial charge in [0.1, 0.15) is 6.61 Å². The molecule has 20 heavy (non-hydrogen) atoms. The number of esters is 1. The third kappa shape index (κ3) is 10.1. The lowest BCUT2D eigenvalue weighted by molar-refractivity contribution is -0.148. The summed E-state index contributed by atoms with van der Waals surface area (Å²) in [6.45, 7) is 3.10. The zero-order chi connectivity index (χ0) is 15.4. The van der Waals surface area contributed by atoms with Gasteiger partial charge in [-0.2, -0.15) is 0 Å². The van der Waals surface area contributed by atoms with Crippen molar-refractivity contribution >= 4 is 17.9 Å². The first-order valence-corrected chi connectivity index (χ1v) is 6.71. The van der Waals surface area contributed by atoms with E-state index in [1.54, 1.807) is 0 Å². The first-order chi connectivity index (χ1) is 9.47. The van der Waals surface area contributed by atoms with Gasteiger partial charge in [0.15, 0.2) is 0 Å². The third-order valence-corrected chi connectivity index (χ3v) is 2.89. The Balaban J connectivity index is 3.70. The smallest absolute Gasteiger partial charge is 0.330 e. The number of rotatable bonds is 12. The lowest BCUT2D eigenvalue weighted by Crippen LogP contribution is -2.21. The van der Waals surface area contributed by atoms with Gasteiger partial charge in [-0.25, -0.2) is 4.79 Å². The van der Waals surface area contributed by atoms with E-state index < -0.39 is 23.8 Å². The maximum atomic E-state index is 11.0. The molecule has 0 amide bonds. The Morgan fingerprint density at radius 1 is 1.05 bits per heavy atom. The van der Waals surface area contributed by atoms with E-state index in [0.29, 0.717) is 12.8 Å². The first-order valence-electron chi connectivity index (χ1n) is 6.71. The summed E-state index contributed by atoms with van der Waals surface area (Å²) < 4.78 is 4.73. The molecular weight excluding hydrogens is 264 g/mol. The van der Waals surface area contributed by atoms with Crippen LogP contribution < -0.4 is 0 Å². The molecule has 0 aromatic carbocycles. The highest BCUT2D eigenvalue weighted by molar-refractivity contribution is 5.81. The van der Waals surface area contributed by atoms with Crippen LogP contribution in [-0.4, -0.2) is 34.7 Å². The second-order valence-electron chi connectivity index (χ2n) is 4.57. The maximum absolute atomic E-state index is 11.0. The van der Waals surface area contributed by atoms with Crippen molar-refractivity contribution in [1.82, 2.24) is 0 Å². The van der Waals surface area contributed by atoms with Gasteiger partial charge in [-0.15, -0.1) is 0 Å². The molecule has 0 aliphatic heterocycles. The Hall–Kier alpha value is -1.85. The summed E-state index contributed by atoms with van der Waals surface area (Å²) in [6, 6.07) is 0. The number of carbonyl (C=O) groups excluding carboxylic acids is 1. The molecule has 0 bridgehead atoms. The molecule has 2 N–H and O–H groups in total. The highest BCUT2D eigenvalue weighted by Gasteiger charge is 2.18. The fraction of sp³-hybridized carbons (Fsp3) is 0.643. The van der Waals surface area contributed by atoms with Crippen molar-refractivity contribution in [2.75, 3.05) is 6.61 Å². The van der Waals surface area contributed by atoms with E-state index in [2.05, 4.69) is 6.58 Å². The minimum atomic E-state index is -0.979. The van der Waals surface area contributed by atoms with Crippen LogP contribution in [0.25, 0.3) is 0 Å². The molecule has 0 aliphatic rings. The standard InChI is InChI=1S/C14H22O6/c1-2-13(17)20-10-11(14(18)19)8-6-4-3-5-7-9-12(15)16/h2,11H,1,3-10H2,(H,15,16)(H,18,19). The van der Waals surface area contributed by atoms with E-state index >= 15 is 0 Å². The van der Waals surface area contributed by atoms with E-state index in [1.165, 1.54) is 0 Å². The quantitative estimate of drug-likeness (QED) is 0.324. The molecule has 6 heteroatoms. The van der Waals surface area contributed by atoms with Crippen molar-refractivity contribution in [3.8, 4) is 0 Å². The van der Waals surface area contributed by atoms with Crippen LogP contribution in [0.3, 0.4) is 0 Å². The number of carboxylic acid groups (broad SMARTS) is 2. The summed E-state index contributed by atoms with van der Waals surface area (Å²) in [6.07, 6.45) is 5.54. The Kier molecular flexibility index (Phi) is 10.00. The molecule has 0 fully saturated rings. The molecule has 6 nitrogen and oxygen atoms in total. The van der Waals surface area contributed by atoms with Crippen LogP contribution in [0.15, 0.2) is 12.7 Å². The Morgan fingerprint density at radius 3 is 2.20 bits per heavy atom. The van der Waals surface area contributed by atoms with Gasteiger partial charge in [-0.3, -0.25) is 9.59 Å². The van der Waals surface area contributed by atoms with E-state index in [-0.39, 0.29) is 13.0 Å². The first kappa shape index (κ1) is 18.1. The van der Waals surface area contributed by atoms with Gasteiger partial charge in [-0.05, 0) is 12.8 Å². The molecule has 0 saturated carbocycles. The predicted octanol–water partition coefficient (Wildman–Crippen LogP) is 2.23. The predicted molar refractivity (Wildman–Crippen MR) is 72.2 cm³/mol. The molecule has 1 atom stereocenters. The lowest BCUT2D eigenvalue weighted by Gasteiger charge is -2.11. The van der Waals surface area contributed by atoms with Crippen LogP contribution in [0.4, 0.5) is 0 Å². The molecule has 0 aromatic rings. The van der Waals surface area contributed by atoms with Crippen molar-refractivity contribution in [3.05, 3.63) is 12.7 Å². The Bertz CT molecular complexity index is 337. The van der Waals surface area contributed by atoms with Gasteiger partial charge in [0, 0.05) is 12.5 Å². The Labute approximate surface area is 118 Å². The summed E-state index contributed by atoms with van der Waals surface area (Å²) in [4.78, 5) is 32.1. The van der Waals surface area contributed by atoms with E-state index in [0.717, 1.165) is 31.8 Å². The largest absolute Gasteiger partial charge is 0.481 e. The normalized spacial score (nSPS) is 11.6. The van der Waals surface area contributed by atoms with Crippen molar-refractivity contribution in [1.29, 1.82) is 0 Å². The van der Waals surface area contributed by atoms with Crippen LogP contribution in [0, 0.1) is 5.92 Å². The second-order valence-corrected chi connectivity index (χ2v) is 4.57. The summed E-state index contributed by atoms with van der Waals surface area (Å²) >= 11 is 0. The Morgan fingerprint density at radius 2 is 1.65 bits per heavy atom. The molecule has 0 saturated heterocycles. The highest BCUT2D eigenvalue weighted by Crippen LogP contribution is 2.13. The molecule has 114 valence electrons. The fourth-order valence-electron chi connectivity index (χ4n) is 1.72. The molecule has 0 heterocycles. The minimum Gasteiger partial charge on any atom is -0.481 e. The highest BCUT2D eigenvalue weighted by atomic mass is 16.5. The molecule has 0 aliphatic carbocycles. The molecule has 0 rings (SSSR count). The summed E-state index contributed by atoms with van der Waals surface area (Å²) in [5, 5.41) is 17.4. The number of hydrogen-bond acceptors (Lipinski definition) is 4. The van der Waals surface area contributed by atoms with Crippen LogP contribution in [0.5, 0.6) is 0 Å². The van der Waals surface area contributed by atoms with Gasteiger partial charge in [0.05, 0.1) is 5.92 Å². The summed E-state index contributed by atoms with van der Waals surface area (Å²) in [5.41, 5.74) is 0. The number of carbonyl (C=O) groups is 3. The van der Waals surface area contributed by atoms with Crippen molar-refractivity contribution in [2.45, 2.75) is 44.9 Å². The van der Waals surface area contributed by atoms with E-state index in [9.17, 15) is 14.4 Å². The van der Waals surface area contributed by atoms with Gasteiger partial charge < -0.3 is 14.9 Å². The van der Waals surface area contributed by atoms with Crippen molar-refractivity contribution < 1.29 is 29.3 Å². The summed E-state index contributed by atoms with van der Waals surface area (Å²) in [5.74, 6) is -3.09. The number of carboxylic acids is 2. The second kappa shape index (κ2) is 11.0.